The summed E-state index contributed by atoms with van der Waals surface area (Å²) in [6.07, 6.45) is 2.30. The van der Waals surface area contributed by atoms with E-state index in [1.165, 1.54) is 0 Å². The first-order valence-corrected chi connectivity index (χ1v) is 10.4. The third-order valence-corrected chi connectivity index (χ3v) is 6.24. The number of benzene rings is 2. The number of hydrogen-bond acceptors (Lipinski definition) is 4. The van der Waals surface area contributed by atoms with Gasteiger partial charge in [0.25, 0.3) is 0 Å². The second-order valence-electron chi connectivity index (χ2n) is 8.50. The summed E-state index contributed by atoms with van der Waals surface area (Å²) in [4.78, 5) is 37.9. The maximum absolute atomic E-state index is 12.6. The Hall–Kier alpha value is -3.09. The number of nitrogens with two attached hydrogens (primary N) is 1. The molecule has 1 aliphatic carbocycles. The molecule has 0 aromatic heterocycles. The first-order chi connectivity index (χ1) is 14.4. The van der Waals surface area contributed by atoms with Crippen molar-refractivity contribution in [3.05, 3.63) is 42.5 Å². The molecule has 3 unspecified atom stereocenters. The number of nitrogens with zero attached hydrogens (tertiary/aromatic N) is 1. The summed E-state index contributed by atoms with van der Waals surface area (Å²) >= 11 is 0. The Morgan fingerprint density at radius 1 is 1.17 bits per heavy atom. The van der Waals surface area contributed by atoms with Gasteiger partial charge in [-0.25, -0.2) is 0 Å². The molecule has 2 aromatic rings. The molecule has 4 rings (SSSR count). The Labute approximate surface area is 175 Å². The minimum absolute atomic E-state index is 0.00167. The number of carbonyl (C=O) groups excluding carboxylic acids is 3. The molecule has 2 aromatic carbocycles. The summed E-state index contributed by atoms with van der Waals surface area (Å²) in [6, 6.07) is 13.4. The van der Waals surface area contributed by atoms with E-state index in [0.29, 0.717) is 19.4 Å². The molecule has 3 atom stereocenters. The first-order valence-electron chi connectivity index (χ1n) is 10.4. The Morgan fingerprint density at radius 3 is 2.73 bits per heavy atom. The van der Waals surface area contributed by atoms with Crippen molar-refractivity contribution in [2.24, 2.45) is 11.1 Å². The number of nitrogens with one attached hydrogen (secondary N) is 1. The van der Waals surface area contributed by atoms with Gasteiger partial charge >= 0.3 is 0 Å². The van der Waals surface area contributed by atoms with Crippen molar-refractivity contribution in [1.29, 1.82) is 0 Å². The number of ether oxygens (including phenoxy) is 1. The van der Waals surface area contributed by atoms with E-state index in [4.69, 9.17) is 10.5 Å². The van der Waals surface area contributed by atoms with Crippen molar-refractivity contribution in [2.45, 2.75) is 44.7 Å². The number of likely N-dealkylation sites (tertiary alicyclic amines) is 1. The Bertz CT molecular complexity index is 986. The summed E-state index contributed by atoms with van der Waals surface area (Å²) in [5.41, 5.74) is 5.45. The molecule has 30 heavy (non-hydrogen) atoms. The molecule has 0 spiro atoms. The van der Waals surface area contributed by atoms with Gasteiger partial charge in [0.05, 0.1) is 13.2 Å². The highest BCUT2D eigenvalue weighted by Gasteiger charge is 2.63. The Kier molecular flexibility index (Phi) is 5.37. The molecular weight excluding hydrogens is 382 g/mol. The standard InChI is InChI=1S/C23H27N3O4/c1-23-12-17(22(24)29)26(19(23)13-23)21(28)14-25-20(27)10-5-11-30-18-9-4-7-15-6-2-3-8-16(15)18/h2-4,6-9,17,19H,5,10-14H2,1H3,(H2,24,29)(H,25,27). The van der Waals surface area contributed by atoms with Gasteiger partial charge in [0.15, 0.2) is 0 Å². The number of hydrogen-bond donors (Lipinski definition) is 2. The quantitative estimate of drug-likeness (QED) is 0.651. The average Bonchev–Trinajstić information content (AvgIpc) is 3.29. The smallest absolute Gasteiger partial charge is 0.242 e. The number of fused-ring (bicyclic) bond motifs is 2. The van der Waals surface area contributed by atoms with Gasteiger partial charge in [0.1, 0.15) is 11.8 Å². The van der Waals surface area contributed by atoms with Gasteiger partial charge in [-0.15, -0.1) is 0 Å². The van der Waals surface area contributed by atoms with Gasteiger partial charge in [-0.1, -0.05) is 43.3 Å². The lowest BCUT2D eigenvalue weighted by Crippen LogP contribution is -2.49. The van der Waals surface area contributed by atoms with Crippen LogP contribution in [0.4, 0.5) is 0 Å². The van der Waals surface area contributed by atoms with Crippen LogP contribution in [-0.4, -0.2) is 47.9 Å². The van der Waals surface area contributed by atoms with Crippen molar-refractivity contribution in [3.63, 3.8) is 0 Å². The third kappa shape index (κ3) is 3.97. The van der Waals surface area contributed by atoms with E-state index in [2.05, 4.69) is 12.2 Å². The fourth-order valence-corrected chi connectivity index (χ4v) is 4.47. The number of amides is 3. The van der Waals surface area contributed by atoms with Crippen molar-refractivity contribution in [1.82, 2.24) is 10.2 Å². The van der Waals surface area contributed by atoms with Gasteiger partial charge in [-0.05, 0) is 36.1 Å². The van der Waals surface area contributed by atoms with Crippen molar-refractivity contribution >= 4 is 28.5 Å². The minimum Gasteiger partial charge on any atom is -0.493 e. The van der Waals surface area contributed by atoms with Gasteiger partial charge in [-0.3, -0.25) is 14.4 Å². The number of primary amides is 1. The molecule has 3 amide bonds. The number of piperidine rings is 1. The van der Waals surface area contributed by atoms with E-state index in [0.717, 1.165) is 22.9 Å². The summed E-state index contributed by atoms with van der Waals surface area (Å²) in [5.74, 6) is -0.139. The number of rotatable bonds is 8. The Morgan fingerprint density at radius 2 is 1.93 bits per heavy atom. The number of carbonyl (C=O) groups is 3. The van der Waals surface area contributed by atoms with E-state index in [-0.39, 0.29) is 36.2 Å². The van der Waals surface area contributed by atoms with Gasteiger partial charge in [-0.2, -0.15) is 0 Å². The molecule has 1 saturated carbocycles. The minimum atomic E-state index is -0.563. The molecule has 7 heteroatoms. The second-order valence-corrected chi connectivity index (χ2v) is 8.50. The van der Waals surface area contributed by atoms with Crippen LogP contribution in [0.15, 0.2) is 42.5 Å². The highest BCUT2D eigenvalue weighted by Crippen LogP contribution is 2.58. The maximum Gasteiger partial charge on any atom is 0.242 e. The van der Waals surface area contributed by atoms with Gasteiger partial charge < -0.3 is 20.7 Å². The van der Waals surface area contributed by atoms with Crippen LogP contribution in [0.2, 0.25) is 0 Å². The molecule has 1 saturated heterocycles. The maximum atomic E-state index is 12.6. The van der Waals surface area contributed by atoms with Crippen LogP contribution < -0.4 is 15.8 Å². The lowest BCUT2D eigenvalue weighted by Gasteiger charge is -2.25. The zero-order chi connectivity index (χ0) is 21.3. The predicted molar refractivity (Wildman–Crippen MR) is 113 cm³/mol. The lowest BCUT2D eigenvalue weighted by molar-refractivity contribution is -0.138. The van der Waals surface area contributed by atoms with E-state index in [1.807, 2.05) is 42.5 Å². The molecule has 2 fully saturated rings. The van der Waals surface area contributed by atoms with Gasteiger partial charge in [0.2, 0.25) is 17.7 Å². The lowest BCUT2D eigenvalue weighted by atomic mass is 10.0. The molecule has 158 valence electrons. The SMILES string of the molecule is CC12CC(C(N)=O)N(C(=O)CNC(=O)CCCOc3cccc4ccccc34)C1C2. The largest absolute Gasteiger partial charge is 0.493 e. The average molecular weight is 409 g/mol. The highest BCUT2D eigenvalue weighted by atomic mass is 16.5. The predicted octanol–water partition coefficient (Wildman–Crippen LogP) is 1.98. The molecule has 3 N–H and O–H groups in total. The van der Waals surface area contributed by atoms with Crippen LogP contribution in [-0.2, 0) is 14.4 Å². The summed E-state index contributed by atoms with van der Waals surface area (Å²) in [7, 11) is 0. The van der Waals surface area contributed by atoms with Crippen molar-refractivity contribution < 1.29 is 19.1 Å². The van der Waals surface area contributed by atoms with Crippen LogP contribution in [0.1, 0.15) is 32.6 Å². The van der Waals surface area contributed by atoms with Crippen LogP contribution in [0.3, 0.4) is 0 Å². The van der Waals surface area contributed by atoms with Crippen molar-refractivity contribution in [3.8, 4) is 5.75 Å². The molecule has 0 radical (unpaired) electrons. The first kappa shape index (κ1) is 20.2. The summed E-state index contributed by atoms with van der Waals surface area (Å²) < 4.78 is 5.84. The normalized spacial score (nSPS) is 24.4. The van der Waals surface area contributed by atoms with E-state index in [1.54, 1.807) is 4.90 Å². The molecule has 0 bridgehead atoms. The van der Waals surface area contributed by atoms with Crippen LogP contribution in [0.5, 0.6) is 5.75 Å². The molecule has 1 aliphatic heterocycles. The zero-order valence-corrected chi connectivity index (χ0v) is 17.1. The van der Waals surface area contributed by atoms with E-state index >= 15 is 0 Å². The highest BCUT2D eigenvalue weighted by molar-refractivity contribution is 5.91. The molecule has 1 heterocycles. The third-order valence-electron chi connectivity index (χ3n) is 6.24. The van der Waals surface area contributed by atoms with Crippen LogP contribution in [0, 0.1) is 5.41 Å². The Balaban J connectivity index is 1.21. The fourth-order valence-electron chi connectivity index (χ4n) is 4.47. The molecular formula is C23H27N3O4. The summed E-state index contributed by atoms with van der Waals surface area (Å²) in [6.45, 7) is 2.36. The zero-order valence-electron chi connectivity index (χ0n) is 17.1. The fraction of sp³-hybridized carbons (Fsp3) is 0.435. The monoisotopic (exact) mass is 409 g/mol. The molecule has 7 nitrogen and oxygen atoms in total. The summed E-state index contributed by atoms with van der Waals surface area (Å²) in [5, 5.41) is 4.81. The van der Waals surface area contributed by atoms with Crippen LogP contribution in [0.25, 0.3) is 10.8 Å². The van der Waals surface area contributed by atoms with Crippen molar-refractivity contribution in [2.75, 3.05) is 13.2 Å². The van der Waals surface area contributed by atoms with Crippen LogP contribution >= 0.6 is 0 Å². The topological polar surface area (TPSA) is 102 Å². The van der Waals surface area contributed by atoms with E-state index < -0.39 is 11.9 Å². The molecule has 2 aliphatic rings. The second kappa shape index (κ2) is 7.97. The van der Waals surface area contributed by atoms with E-state index in [9.17, 15) is 14.4 Å². The van der Waals surface area contributed by atoms with Gasteiger partial charge in [0, 0.05) is 17.8 Å².